The van der Waals surface area contributed by atoms with Gasteiger partial charge in [-0.25, -0.2) is 9.18 Å². The minimum atomic E-state index is -0.474. The second-order valence-electron chi connectivity index (χ2n) is 4.69. The number of anilines is 3. The fourth-order valence-corrected chi connectivity index (χ4v) is 2.17. The molecule has 0 atom stereocenters. The molecular weight excluding hydrogens is 273 g/mol. The minimum absolute atomic E-state index is 0.0636. The van der Waals surface area contributed by atoms with E-state index in [0.29, 0.717) is 17.8 Å². The molecule has 0 spiro atoms. The number of urea groups is 1. The van der Waals surface area contributed by atoms with Gasteiger partial charge >= 0.3 is 6.03 Å². The average Bonchev–Trinajstić information content (AvgIpc) is 2.78. The second kappa shape index (κ2) is 5.24. The zero-order chi connectivity index (χ0) is 14.8. The van der Waals surface area contributed by atoms with Crippen LogP contribution in [0.1, 0.15) is 5.56 Å². The first-order chi connectivity index (χ1) is 10.1. The highest BCUT2D eigenvalue weighted by atomic mass is 19.1. The Morgan fingerprint density at radius 1 is 1.10 bits per heavy atom. The number of benzene rings is 2. The third-order valence-corrected chi connectivity index (χ3v) is 3.07. The van der Waals surface area contributed by atoms with Gasteiger partial charge in [-0.2, -0.15) is 0 Å². The van der Waals surface area contributed by atoms with Gasteiger partial charge in [0.05, 0.1) is 6.42 Å². The first kappa shape index (κ1) is 13.1. The number of amides is 3. The van der Waals surface area contributed by atoms with E-state index in [-0.39, 0.29) is 5.91 Å². The molecule has 5 nitrogen and oxygen atoms in total. The van der Waals surface area contributed by atoms with Crippen molar-refractivity contribution in [2.24, 2.45) is 0 Å². The van der Waals surface area contributed by atoms with E-state index in [4.69, 9.17) is 0 Å². The number of halogens is 1. The number of fused-ring (bicyclic) bond motifs is 1. The molecule has 2 aromatic rings. The minimum Gasteiger partial charge on any atom is -0.326 e. The van der Waals surface area contributed by atoms with Crippen molar-refractivity contribution in [3.8, 4) is 0 Å². The summed E-state index contributed by atoms with van der Waals surface area (Å²) in [6.45, 7) is 0. The molecule has 0 saturated carbocycles. The molecular formula is C15H12FN3O2. The van der Waals surface area contributed by atoms with Crippen LogP contribution in [-0.2, 0) is 11.2 Å². The second-order valence-corrected chi connectivity index (χ2v) is 4.69. The Bertz CT molecular complexity index is 731. The van der Waals surface area contributed by atoms with E-state index in [0.717, 1.165) is 11.3 Å². The molecule has 0 saturated heterocycles. The van der Waals surface area contributed by atoms with Gasteiger partial charge in [-0.15, -0.1) is 0 Å². The quantitative estimate of drug-likeness (QED) is 0.794. The third-order valence-electron chi connectivity index (χ3n) is 3.07. The smallest absolute Gasteiger partial charge is 0.323 e. The van der Waals surface area contributed by atoms with Gasteiger partial charge in [-0.3, -0.25) is 4.79 Å². The lowest BCUT2D eigenvalue weighted by Gasteiger charge is -2.08. The van der Waals surface area contributed by atoms with Crippen LogP contribution in [-0.4, -0.2) is 11.9 Å². The first-order valence-electron chi connectivity index (χ1n) is 6.36. The van der Waals surface area contributed by atoms with Crippen molar-refractivity contribution in [1.29, 1.82) is 0 Å². The van der Waals surface area contributed by atoms with Crippen LogP contribution in [0.25, 0.3) is 0 Å². The van der Waals surface area contributed by atoms with Crippen LogP contribution < -0.4 is 16.0 Å². The van der Waals surface area contributed by atoms with E-state index in [1.807, 2.05) is 0 Å². The Hall–Kier alpha value is -2.89. The zero-order valence-electron chi connectivity index (χ0n) is 10.9. The maximum Gasteiger partial charge on any atom is 0.323 e. The molecule has 3 rings (SSSR count). The average molecular weight is 285 g/mol. The molecule has 6 heteroatoms. The van der Waals surface area contributed by atoms with Crippen LogP contribution >= 0.6 is 0 Å². The van der Waals surface area contributed by atoms with Gasteiger partial charge < -0.3 is 16.0 Å². The van der Waals surface area contributed by atoms with Crippen molar-refractivity contribution in [3.05, 3.63) is 53.8 Å². The number of carbonyl (C=O) groups is 2. The van der Waals surface area contributed by atoms with Crippen molar-refractivity contribution < 1.29 is 14.0 Å². The fourth-order valence-electron chi connectivity index (χ4n) is 2.17. The summed E-state index contributed by atoms with van der Waals surface area (Å²) in [5, 5.41) is 7.89. The molecule has 1 aliphatic rings. The van der Waals surface area contributed by atoms with Crippen LogP contribution in [0.5, 0.6) is 0 Å². The van der Waals surface area contributed by atoms with Crippen molar-refractivity contribution in [2.45, 2.75) is 6.42 Å². The molecule has 106 valence electrons. The monoisotopic (exact) mass is 285 g/mol. The van der Waals surface area contributed by atoms with Crippen LogP contribution in [0.2, 0.25) is 0 Å². The summed E-state index contributed by atoms with van der Waals surface area (Å²) < 4.78 is 13.0. The Morgan fingerprint density at radius 3 is 2.62 bits per heavy atom. The maximum atomic E-state index is 13.0. The summed E-state index contributed by atoms with van der Waals surface area (Å²) in [6, 6.07) is 10.3. The van der Waals surface area contributed by atoms with Crippen molar-refractivity contribution in [3.63, 3.8) is 0 Å². The molecule has 3 N–H and O–H groups in total. The highest BCUT2D eigenvalue weighted by Gasteiger charge is 2.17. The Balaban J connectivity index is 1.68. The maximum absolute atomic E-state index is 13.0. The number of nitrogens with one attached hydrogen (secondary N) is 3. The van der Waals surface area contributed by atoms with Gasteiger partial charge in [0, 0.05) is 17.1 Å². The highest BCUT2D eigenvalue weighted by Crippen LogP contribution is 2.26. The fraction of sp³-hybridized carbons (Fsp3) is 0.0667. The lowest BCUT2D eigenvalue weighted by molar-refractivity contribution is -0.115. The molecule has 0 unspecified atom stereocenters. The molecule has 0 fully saturated rings. The molecule has 0 aromatic heterocycles. The SMILES string of the molecule is O=C1Cc2cc(NC(=O)Nc3cccc(F)c3)ccc2N1. The zero-order valence-corrected chi connectivity index (χ0v) is 10.9. The summed E-state index contributed by atoms with van der Waals surface area (Å²) in [4.78, 5) is 23.1. The third kappa shape index (κ3) is 3.00. The summed E-state index contributed by atoms with van der Waals surface area (Å²) >= 11 is 0. The first-order valence-corrected chi connectivity index (χ1v) is 6.36. The summed E-state index contributed by atoms with van der Waals surface area (Å²) in [7, 11) is 0. The number of rotatable bonds is 2. The van der Waals surface area contributed by atoms with Crippen LogP contribution in [0, 0.1) is 5.82 Å². The van der Waals surface area contributed by atoms with Gasteiger partial charge in [-0.05, 0) is 42.0 Å². The summed E-state index contributed by atoms with van der Waals surface area (Å²) in [5.74, 6) is -0.485. The largest absolute Gasteiger partial charge is 0.326 e. The van der Waals surface area contributed by atoms with Crippen LogP contribution in [0.15, 0.2) is 42.5 Å². The lowest BCUT2D eigenvalue weighted by atomic mass is 10.1. The summed E-state index contributed by atoms with van der Waals surface area (Å²) in [5.41, 5.74) is 2.53. The topological polar surface area (TPSA) is 70.2 Å². The van der Waals surface area contributed by atoms with E-state index in [9.17, 15) is 14.0 Å². The number of hydrogen-bond acceptors (Lipinski definition) is 2. The molecule has 3 amide bonds. The van der Waals surface area contributed by atoms with Crippen LogP contribution in [0.4, 0.5) is 26.2 Å². The highest BCUT2D eigenvalue weighted by molar-refractivity contribution is 6.02. The van der Waals surface area contributed by atoms with Crippen molar-refractivity contribution in [2.75, 3.05) is 16.0 Å². The van der Waals surface area contributed by atoms with E-state index >= 15 is 0 Å². The molecule has 1 heterocycles. The van der Waals surface area contributed by atoms with Gasteiger partial charge in [0.1, 0.15) is 5.82 Å². The number of carbonyl (C=O) groups excluding carboxylic acids is 2. The van der Waals surface area contributed by atoms with Crippen molar-refractivity contribution in [1.82, 2.24) is 0 Å². The Kier molecular flexibility index (Phi) is 3.27. The van der Waals surface area contributed by atoms with Gasteiger partial charge in [0.25, 0.3) is 0 Å². The predicted octanol–water partition coefficient (Wildman–Crippen LogP) is 2.96. The van der Waals surface area contributed by atoms with E-state index in [2.05, 4.69) is 16.0 Å². The van der Waals surface area contributed by atoms with E-state index in [1.165, 1.54) is 18.2 Å². The summed E-state index contributed by atoms with van der Waals surface area (Å²) in [6.07, 6.45) is 0.302. The standard InChI is InChI=1S/C15H12FN3O2/c16-10-2-1-3-11(8-10)17-15(21)18-12-4-5-13-9(6-12)7-14(20)19-13/h1-6,8H,7H2,(H,19,20)(H2,17,18,21). The number of hydrogen-bond donors (Lipinski definition) is 3. The van der Waals surface area contributed by atoms with E-state index < -0.39 is 11.8 Å². The molecule has 0 bridgehead atoms. The van der Waals surface area contributed by atoms with Crippen molar-refractivity contribution >= 4 is 29.0 Å². The Labute approximate surface area is 120 Å². The molecule has 2 aromatic carbocycles. The van der Waals surface area contributed by atoms with Gasteiger partial charge in [0.2, 0.25) is 5.91 Å². The molecule has 1 aliphatic heterocycles. The van der Waals surface area contributed by atoms with Crippen LogP contribution in [0.3, 0.4) is 0 Å². The molecule has 21 heavy (non-hydrogen) atoms. The predicted molar refractivity (Wildman–Crippen MR) is 77.8 cm³/mol. The van der Waals surface area contributed by atoms with Gasteiger partial charge in [0.15, 0.2) is 0 Å². The van der Waals surface area contributed by atoms with Gasteiger partial charge in [-0.1, -0.05) is 6.07 Å². The lowest BCUT2D eigenvalue weighted by Crippen LogP contribution is -2.19. The normalized spacial score (nSPS) is 12.5. The Morgan fingerprint density at radius 2 is 1.86 bits per heavy atom. The molecule has 0 radical (unpaired) electrons. The molecule has 0 aliphatic carbocycles. The van der Waals surface area contributed by atoms with E-state index in [1.54, 1.807) is 24.3 Å².